The van der Waals surface area contributed by atoms with E-state index in [2.05, 4.69) is 59.0 Å². The van der Waals surface area contributed by atoms with Crippen LogP contribution in [-0.4, -0.2) is 7.05 Å². The molecular weight excluding hydrogens is 258 g/mol. The van der Waals surface area contributed by atoms with E-state index in [0.717, 1.165) is 24.3 Å². The largest absolute Gasteiger partial charge is 0.459 e. The molecule has 2 nitrogen and oxygen atoms in total. The summed E-state index contributed by atoms with van der Waals surface area (Å²) in [4.78, 5) is 0. The predicted molar refractivity (Wildman–Crippen MR) is 91.0 cm³/mol. The second kappa shape index (κ2) is 5.84. The Balaban J connectivity index is 2.69. The number of nitrogens with one attached hydrogen (secondary N) is 1. The van der Waals surface area contributed by atoms with Crippen LogP contribution in [0, 0.1) is 12.8 Å². The minimum Gasteiger partial charge on any atom is -0.459 e. The SMILES string of the molecule is CNCc1oc2c(C)cc(C(C)(C)C)cc2c1CC(C)C. The molecule has 2 aromatic rings. The van der Waals surface area contributed by atoms with Gasteiger partial charge in [0, 0.05) is 10.9 Å². The summed E-state index contributed by atoms with van der Waals surface area (Å²) in [6.07, 6.45) is 1.07. The lowest BCUT2D eigenvalue weighted by atomic mass is 9.84. The summed E-state index contributed by atoms with van der Waals surface area (Å²) in [5, 5.41) is 4.53. The standard InChI is InChI=1S/C19H29NO/c1-12(2)8-15-16-10-14(19(4,5)6)9-13(3)18(16)21-17(15)11-20-7/h9-10,12,20H,8,11H2,1-7H3. The maximum atomic E-state index is 6.18. The maximum Gasteiger partial charge on any atom is 0.137 e. The van der Waals surface area contributed by atoms with Gasteiger partial charge in [0.2, 0.25) is 0 Å². The highest BCUT2D eigenvalue weighted by Crippen LogP contribution is 2.34. The highest BCUT2D eigenvalue weighted by Gasteiger charge is 2.21. The molecule has 0 bridgehead atoms. The van der Waals surface area contributed by atoms with Crippen molar-refractivity contribution in [2.75, 3.05) is 7.05 Å². The molecule has 0 aliphatic heterocycles. The van der Waals surface area contributed by atoms with Gasteiger partial charge in [-0.2, -0.15) is 0 Å². The van der Waals surface area contributed by atoms with Crippen molar-refractivity contribution in [3.05, 3.63) is 34.6 Å². The molecule has 1 heterocycles. The first-order chi connectivity index (χ1) is 9.74. The van der Waals surface area contributed by atoms with Crippen LogP contribution >= 0.6 is 0 Å². The van der Waals surface area contributed by atoms with E-state index in [4.69, 9.17) is 4.42 Å². The molecule has 0 radical (unpaired) electrons. The normalized spacial score (nSPS) is 12.6. The Morgan fingerprint density at radius 2 is 1.86 bits per heavy atom. The van der Waals surface area contributed by atoms with E-state index in [1.165, 1.54) is 22.1 Å². The van der Waals surface area contributed by atoms with E-state index < -0.39 is 0 Å². The van der Waals surface area contributed by atoms with Crippen LogP contribution in [0.3, 0.4) is 0 Å². The molecule has 0 amide bonds. The molecule has 0 unspecified atom stereocenters. The topological polar surface area (TPSA) is 25.2 Å². The summed E-state index contributed by atoms with van der Waals surface area (Å²) in [5.41, 5.74) is 5.22. The molecule has 116 valence electrons. The number of hydrogen-bond acceptors (Lipinski definition) is 2. The molecule has 1 aromatic heterocycles. The van der Waals surface area contributed by atoms with E-state index >= 15 is 0 Å². The van der Waals surface area contributed by atoms with E-state index in [1.807, 2.05) is 7.05 Å². The van der Waals surface area contributed by atoms with Gasteiger partial charge in [-0.25, -0.2) is 0 Å². The number of aryl methyl sites for hydroxylation is 1. The molecule has 1 N–H and O–H groups in total. The van der Waals surface area contributed by atoms with Gasteiger partial charge in [-0.3, -0.25) is 0 Å². The zero-order valence-electron chi connectivity index (χ0n) is 14.6. The van der Waals surface area contributed by atoms with Gasteiger partial charge in [0.15, 0.2) is 0 Å². The fraction of sp³-hybridized carbons (Fsp3) is 0.579. The summed E-state index contributed by atoms with van der Waals surface area (Å²) in [7, 11) is 1.97. The monoisotopic (exact) mass is 287 g/mol. The zero-order chi connectivity index (χ0) is 15.8. The van der Waals surface area contributed by atoms with E-state index in [0.29, 0.717) is 5.92 Å². The number of rotatable bonds is 4. The van der Waals surface area contributed by atoms with Crippen LogP contribution in [0.4, 0.5) is 0 Å². The molecule has 0 aliphatic rings. The van der Waals surface area contributed by atoms with Crippen LogP contribution in [0.1, 0.15) is 57.1 Å². The zero-order valence-corrected chi connectivity index (χ0v) is 14.6. The van der Waals surface area contributed by atoms with Crippen molar-refractivity contribution in [3.8, 4) is 0 Å². The summed E-state index contributed by atoms with van der Waals surface area (Å²) in [6.45, 7) is 14.3. The van der Waals surface area contributed by atoms with Gasteiger partial charge in [0.25, 0.3) is 0 Å². The van der Waals surface area contributed by atoms with E-state index in [9.17, 15) is 0 Å². The number of benzene rings is 1. The maximum absolute atomic E-state index is 6.18. The first-order valence-electron chi connectivity index (χ1n) is 7.94. The first-order valence-corrected chi connectivity index (χ1v) is 7.94. The van der Waals surface area contributed by atoms with E-state index in [1.54, 1.807) is 0 Å². The third-order valence-corrected chi connectivity index (χ3v) is 3.98. The molecule has 0 atom stereocenters. The Labute approximate surface area is 128 Å². The van der Waals surface area contributed by atoms with Gasteiger partial charge >= 0.3 is 0 Å². The van der Waals surface area contributed by atoms with Crippen LogP contribution in [-0.2, 0) is 18.4 Å². The van der Waals surface area contributed by atoms with Gasteiger partial charge in [0.05, 0.1) is 6.54 Å². The van der Waals surface area contributed by atoms with Crippen LogP contribution in [0.25, 0.3) is 11.0 Å². The smallest absolute Gasteiger partial charge is 0.137 e. The van der Waals surface area contributed by atoms with Gasteiger partial charge in [-0.1, -0.05) is 40.7 Å². The van der Waals surface area contributed by atoms with Crippen molar-refractivity contribution < 1.29 is 4.42 Å². The van der Waals surface area contributed by atoms with Gasteiger partial charge in [-0.05, 0) is 48.9 Å². The van der Waals surface area contributed by atoms with Gasteiger partial charge < -0.3 is 9.73 Å². The molecule has 0 spiro atoms. The fourth-order valence-electron chi connectivity index (χ4n) is 2.84. The molecule has 2 rings (SSSR count). The lowest BCUT2D eigenvalue weighted by molar-refractivity contribution is 0.514. The molecule has 21 heavy (non-hydrogen) atoms. The van der Waals surface area contributed by atoms with Crippen LogP contribution < -0.4 is 5.32 Å². The van der Waals surface area contributed by atoms with Crippen molar-refractivity contribution >= 4 is 11.0 Å². The Hall–Kier alpha value is -1.28. The van der Waals surface area contributed by atoms with Crippen LogP contribution in [0.2, 0.25) is 0 Å². The summed E-state index contributed by atoms with van der Waals surface area (Å²) < 4.78 is 6.18. The lowest BCUT2D eigenvalue weighted by Crippen LogP contribution is -2.11. The molecule has 0 saturated heterocycles. The highest BCUT2D eigenvalue weighted by atomic mass is 16.3. The number of furan rings is 1. The third kappa shape index (κ3) is 3.32. The molecule has 0 saturated carbocycles. The van der Waals surface area contributed by atoms with Crippen molar-refractivity contribution in [1.29, 1.82) is 0 Å². The quantitative estimate of drug-likeness (QED) is 0.860. The first kappa shape index (κ1) is 16.1. The third-order valence-electron chi connectivity index (χ3n) is 3.98. The van der Waals surface area contributed by atoms with Gasteiger partial charge in [0.1, 0.15) is 11.3 Å². The van der Waals surface area contributed by atoms with Crippen LogP contribution in [0.15, 0.2) is 16.5 Å². The Bertz CT molecular complexity index is 629. The Morgan fingerprint density at radius 3 is 2.38 bits per heavy atom. The predicted octanol–water partition coefficient (Wildman–Crippen LogP) is 4.96. The molecule has 0 aliphatic carbocycles. The van der Waals surface area contributed by atoms with Gasteiger partial charge in [-0.15, -0.1) is 0 Å². The number of fused-ring (bicyclic) bond motifs is 1. The minimum absolute atomic E-state index is 0.161. The molecule has 2 heteroatoms. The van der Waals surface area contributed by atoms with Crippen LogP contribution in [0.5, 0.6) is 0 Å². The minimum atomic E-state index is 0.161. The second-order valence-corrected chi connectivity index (χ2v) is 7.55. The Morgan fingerprint density at radius 1 is 1.19 bits per heavy atom. The number of hydrogen-bond donors (Lipinski definition) is 1. The summed E-state index contributed by atoms with van der Waals surface area (Å²) in [6, 6.07) is 4.61. The fourth-order valence-corrected chi connectivity index (χ4v) is 2.84. The van der Waals surface area contributed by atoms with Crippen molar-refractivity contribution in [2.24, 2.45) is 5.92 Å². The summed E-state index contributed by atoms with van der Waals surface area (Å²) >= 11 is 0. The lowest BCUT2D eigenvalue weighted by Gasteiger charge is -2.20. The molecule has 1 aromatic carbocycles. The average molecular weight is 287 g/mol. The van der Waals surface area contributed by atoms with E-state index in [-0.39, 0.29) is 5.41 Å². The second-order valence-electron chi connectivity index (χ2n) is 7.55. The highest BCUT2D eigenvalue weighted by molar-refractivity contribution is 5.86. The average Bonchev–Trinajstić information content (AvgIpc) is 2.67. The van der Waals surface area contributed by atoms with Crippen molar-refractivity contribution in [3.63, 3.8) is 0 Å². The van der Waals surface area contributed by atoms with Crippen molar-refractivity contribution in [2.45, 2.75) is 59.9 Å². The molecule has 0 fully saturated rings. The molecular formula is C19H29NO. The summed E-state index contributed by atoms with van der Waals surface area (Å²) in [5.74, 6) is 1.72. The van der Waals surface area contributed by atoms with Crippen molar-refractivity contribution in [1.82, 2.24) is 5.32 Å². The Kier molecular flexibility index (Phi) is 4.48.